The van der Waals surface area contributed by atoms with Gasteiger partial charge in [-0.05, 0) is 106 Å². The van der Waals surface area contributed by atoms with Crippen molar-refractivity contribution in [3.05, 3.63) is 249 Å². The molecule has 0 aromatic heterocycles. The molecular weight excluding hydrogens is 1660 g/mol. The molecule has 7 aromatic rings. The Labute approximate surface area is 616 Å². The van der Waals surface area contributed by atoms with Gasteiger partial charge in [0.2, 0.25) is 5.90 Å². The molecule has 4 aliphatic rings. The third-order valence-electron chi connectivity index (χ3n) is 19.2. The van der Waals surface area contributed by atoms with Crippen molar-refractivity contribution in [1.29, 1.82) is 0 Å². The summed E-state index contributed by atoms with van der Waals surface area (Å²) < 4.78 is 355. The minimum absolute atomic E-state index is 0. The van der Waals surface area contributed by atoms with Gasteiger partial charge in [-0.2, -0.15) is 127 Å². The largest absolute Gasteiger partial charge is 0.472 e. The number of halogens is 24. The molecule has 107 heavy (non-hydrogen) atoms. The molecule has 1 radical (unpaired) electrons. The molecule has 0 unspecified atom stereocenters. The van der Waals surface area contributed by atoms with Crippen LogP contribution in [0.25, 0.3) is 0 Å². The van der Waals surface area contributed by atoms with Crippen molar-refractivity contribution in [2.75, 3.05) is 0 Å². The molecule has 1 heterocycles. The second-order valence-electron chi connectivity index (χ2n) is 26.8. The van der Waals surface area contributed by atoms with E-state index in [2.05, 4.69) is 122 Å². The van der Waals surface area contributed by atoms with E-state index >= 15 is 0 Å². The number of hydrogen-bond acceptors (Lipinski definition) is 3. The van der Waals surface area contributed by atoms with Crippen molar-refractivity contribution in [3.8, 4) is 0 Å². The zero-order valence-electron chi connectivity index (χ0n) is 56.7. The van der Waals surface area contributed by atoms with Crippen LogP contribution in [0.2, 0.25) is 0 Å². The van der Waals surface area contributed by atoms with Gasteiger partial charge < -0.3 is 9.26 Å². The fraction of sp³-hybridized carbons (Fsp3) is 0.390. The van der Waals surface area contributed by atoms with E-state index in [0.717, 1.165) is 24.3 Å². The van der Waals surface area contributed by atoms with Gasteiger partial charge in [0.15, 0.2) is 0 Å². The Morgan fingerprint density at radius 1 is 0.364 bits per heavy atom. The van der Waals surface area contributed by atoms with Crippen LogP contribution in [0.1, 0.15) is 158 Å². The zero-order chi connectivity index (χ0) is 77.5. The van der Waals surface area contributed by atoms with Gasteiger partial charge in [0.25, 0.3) is 0 Å². The minimum Gasteiger partial charge on any atom is -0.472 e. The standard InChI is InChI=1S/C37H46NO2P.C32H12BF24.C8H12.Ir/c1-29-35(38-36(39-29)32-21-11-4-12-22-32)37(27-30-17-7-2-8-18-30,28-31-19-9-3-10-20-31)40-41(33-23-13-5-14-24-33)34-25-15-6-16-26-34;34-25(35,36)13-1-14(26(37,38)39)6-21(5-13)33(22-7-15(27(40,41)42)2-16(8-22)28(43,44)45,23-9-17(29(46,47)48)3-18(10-23)30(49,50)51)24-11-19(31(52,53)54)4-20(12-24)32(55,56)57;1-2-4-6-8-7-5-3-1;/h2-4,7-12,17-22,29,33-35H,5-6,13-16,23-28H2,1H3;1-12H;1-2,7-8H,3-6H2;/q;-1;;/b;;2-1-,8-7-;/t29-,35-;;;/m0.../s1. The van der Waals surface area contributed by atoms with Gasteiger partial charge >= 0.3 is 49.4 Å². The van der Waals surface area contributed by atoms with E-state index in [9.17, 15) is 105 Å². The van der Waals surface area contributed by atoms with Crippen LogP contribution >= 0.6 is 8.15 Å². The molecular formula is C77H70BF24IrNO2P-. The Morgan fingerprint density at radius 2 is 0.617 bits per heavy atom. The maximum Gasteiger partial charge on any atom is 0.416 e. The predicted octanol–water partition coefficient (Wildman–Crippen LogP) is 23.4. The van der Waals surface area contributed by atoms with Crippen LogP contribution in [0.3, 0.4) is 0 Å². The number of hydrogen-bond donors (Lipinski definition) is 0. The van der Waals surface area contributed by atoms with E-state index in [1.165, 1.54) is 101 Å². The number of ether oxygens (including phenoxy) is 1. The van der Waals surface area contributed by atoms with Crippen molar-refractivity contribution < 1.29 is 135 Å². The van der Waals surface area contributed by atoms with Gasteiger partial charge in [-0.15, -0.1) is 0 Å². The summed E-state index contributed by atoms with van der Waals surface area (Å²) in [5.41, 5.74) is -25.6. The number of aliphatic imine (C=N–C) groups is 1. The molecule has 2 saturated carbocycles. The molecule has 1 aliphatic heterocycles. The topological polar surface area (TPSA) is 30.8 Å². The number of alkyl halides is 24. The summed E-state index contributed by atoms with van der Waals surface area (Å²) in [6.07, 6.45) is -25.7. The van der Waals surface area contributed by atoms with Crippen molar-refractivity contribution in [2.45, 2.75) is 188 Å². The monoisotopic (exact) mass is 1730 g/mol. The fourth-order valence-corrected chi connectivity index (χ4v) is 17.6. The van der Waals surface area contributed by atoms with Gasteiger partial charge in [-0.3, -0.25) is 0 Å². The molecule has 581 valence electrons. The van der Waals surface area contributed by atoms with Gasteiger partial charge in [-0.1, -0.05) is 190 Å². The molecule has 3 nitrogen and oxygen atoms in total. The summed E-state index contributed by atoms with van der Waals surface area (Å²) in [5.74, 6) is 0.761. The average Bonchev–Trinajstić information content (AvgIpc) is 1.18. The Hall–Kier alpha value is -7.09. The van der Waals surface area contributed by atoms with Crippen LogP contribution in [0.4, 0.5) is 105 Å². The predicted molar refractivity (Wildman–Crippen MR) is 359 cm³/mol. The molecule has 2 fully saturated rings. The van der Waals surface area contributed by atoms with Crippen molar-refractivity contribution >= 4 is 42.0 Å². The van der Waals surface area contributed by atoms with E-state index in [1.807, 2.05) is 0 Å². The van der Waals surface area contributed by atoms with Crippen LogP contribution in [-0.4, -0.2) is 41.1 Å². The SMILES string of the molecule is C1=C\CC/C=C\CC/1.C[C@@H]1OC(c2ccccc2)=N[C@@H]1C(Cc1ccccc1)(Cc1ccccc1)OP(C1CCCCC1)C1CCCCC1.FC(F)(F)c1cc([B-](c2cc(C(F)(F)F)cc(C(F)(F)F)c2)(c2cc(C(F)(F)F)cc(C(F)(F)F)c2)c2cc(C(F)(F)F)cc(C(F)(F)F)c2)cc(C(F)(F)F)c1.[Ir]. The van der Waals surface area contributed by atoms with E-state index in [1.54, 1.807) is 0 Å². The second kappa shape index (κ2) is 34.4. The Morgan fingerprint density at radius 3 is 0.869 bits per heavy atom. The fourth-order valence-electron chi connectivity index (χ4n) is 14.3. The van der Waals surface area contributed by atoms with Gasteiger partial charge in [0, 0.05) is 58.0 Å². The van der Waals surface area contributed by atoms with Crippen LogP contribution in [0.5, 0.6) is 0 Å². The molecule has 0 spiro atoms. The number of rotatable bonds is 14. The van der Waals surface area contributed by atoms with Gasteiger partial charge in [-0.25, -0.2) is 4.99 Å². The van der Waals surface area contributed by atoms with Crippen LogP contribution in [0, 0.1) is 0 Å². The summed E-state index contributed by atoms with van der Waals surface area (Å²) in [6.45, 7) is 2.21. The molecule has 0 amide bonds. The molecule has 11 rings (SSSR count). The first-order valence-corrected chi connectivity index (χ1v) is 35.4. The van der Waals surface area contributed by atoms with Crippen molar-refractivity contribution in [2.24, 2.45) is 4.99 Å². The zero-order valence-corrected chi connectivity index (χ0v) is 60.0. The third-order valence-corrected chi connectivity index (χ3v) is 22.2. The molecule has 0 N–H and O–H groups in total. The summed E-state index contributed by atoms with van der Waals surface area (Å²) >= 11 is 0. The first-order chi connectivity index (χ1) is 49.5. The van der Waals surface area contributed by atoms with E-state index in [4.69, 9.17) is 14.3 Å². The first kappa shape index (κ1) is 85.5. The average molecular weight is 1730 g/mol. The van der Waals surface area contributed by atoms with Crippen LogP contribution in [-0.2, 0) is 91.6 Å². The van der Waals surface area contributed by atoms with Gasteiger partial charge in [0.05, 0.1) is 44.5 Å². The molecule has 0 saturated heterocycles. The maximum absolute atomic E-state index is 14.2. The van der Waals surface area contributed by atoms with Crippen molar-refractivity contribution in [1.82, 2.24) is 0 Å². The summed E-state index contributed by atoms with van der Waals surface area (Å²) in [5, 5.41) is 0. The molecule has 0 bridgehead atoms. The van der Waals surface area contributed by atoms with E-state index < -0.39 is 208 Å². The van der Waals surface area contributed by atoms with Crippen LogP contribution in [0.15, 0.2) is 193 Å². The summed E-state index contributed by atoms with van der Waals surface area (Å²) in [6, 6.07) is 23.5. The Balaban J connectivity index is 0.000000251. The number of nitrogens with zero attached hydrogens (tertiary/aromatic N) is 1. The molecule has 2 atom stereocenters. The third kappa shape index (κ3) is 21.9. The molecule has 7 aromatic carbocycles. The summed E-state index contributed by atoms with van der Waals surface area (Å²) in [4.78, 5) is 5.43. The quantitative estimate of drug-likeness (QED) is 0.0470. The molecule has 3 aliphatic carbocycles. The molecule has 30 heteroatoms. The van der Waals surface area contributed by atoms with Crippen molar-refractivity contribution in [3.63, 3.8) is 0 Å². The second-order valence-corrected chi connectivity index (χ2v) is 29.2. The van der Waals surface area contributed by atoms with E-state index in [-0.39, 0.29) is 32.3 Å². The first-order valence-electron chi connectivity index (χ1n) is 34.0. The Kier molecular flexibility index (Phi) is 27.5. The Bertz CT molecular complexity index is 3630. The number of benzene rings is 7. The van der Waals surface area contributed by atoms with E-state index in [0.29, 0.717) is 11.3 Å². The van der Waals surface area contributed by atoms with Gasteiger partial charge in [0.1, 0.15) is 23.9 Å². The minimum atomic E-state index is -6.13. The van der Waals surface area contributed by atoms with Crippen LogP contribution < -0.4 is 21.9 Å². The smallest absolute Gasteiger partial charge is 0.416 e. The maximum atomic E-state index is 14.2. The summed E-state index contributed by atoms with van der Waals surface area (Å²) in [7, 11) is -0.606. The normalized spacial score (nSPS) is 18.3. The number of allylic oxidation sites excluding steroid dienone is 4.